The van der Waals surface area contributed by atoms with Gasteiger partial charge in [-0.05, 0) is 84.6 Å². The van der Waals surface area contributed by atoms with E-state index < -0.39 is 5.97 Å². The Morgan fingerprint density at radius 3 is 2.00 bits per heavy atom. The molecule has 0 atom stereocenters. The number of carboxylic acid groups (broad SMARTS) is 1. The van der Waals surface area contributed by atoms with Crippen molar-refractivity contribution in [1.29, 1.82) is 5.26 Å². The normalized spacial score (nSPS) is 28.1. The lowest BCUT2D eigenvalue weighted by atomic mass is 9.56. The van der Waals surface area contributed by atoms with Gasteiger partial charge in [0.1, 0.15) is 0 Å². The minimum atomic E-state index is -0.624. The van der Waals surface area contributed by atoms with Gasteiger partial charge in [-0.3, -0.25) is 4.79 Å². The second-order valence-corrected chi connectivity index (χ2v) is 10.0. The Hall–Kier alpha value is -2.60. The highest BCUT2D eigenvalue weighted by Crippen LogP contribution is 2.52. The summed E-state index contributed by atoms with van der Waals surface area (Å²) in [6.07, 6.45) is 11.4. The largest absolute Gasteiger partial charge is 0.481 e. The van der Waals surface area contributed by atoms with E-state index in [9.17, 15) is 9.90 Å². The summed E-state index contributed by atoms with van der Waals surface area (Å²) in [4.78, 5) is 11.6. The van der Waals surface area contributed by atoms with Gasteiger partial charge in [0, 0.05) is 0 Å². The Kier molecular flexibility index (Phi) is 6.99. The molecule has 2 saturated carbocycles. The first-order valence-electron chi connectivity index (χ1n) is 12.4. The van der Waals surface area contributed by atoms with E-state index in [0.717, 1.165) is 37.2 Å². The number of benzene rings is 2. The predicted molar refractivity (Wildman–Crippen MR) is 128 cm³/mol. The Balaban J connectivity index is 1.58. The van der Waals surface area contributed by atoms with Gasteiger partial charge in [-0.2, -0.15) is 5.26 Å². The maximum atomic E-state index is 11.6. The second kappa shape index (κ2) is 9.90. The van der Waals surface area contributed by atoms with Crippen LogP contribution in [0.5, 0.6) is 0 Å². The molecule has 168 valence electrons. The maximum Gasteiger partial charge on any atom is 0.306 e. The van der Waals surface area contributed by atoms with Crippen LogP contribution >= 0.6 is 0 Å². The van der Waals surface area contributed by atoms with Crippen LogP contribution in [-0.4, -0.2) is 11.1 Å². The van der Waals surface area contributed by atoms with Crippen LogP contribution in [0.1, 0.15) is 82.3 Å². The van der Waals surface area contributed by atoms with Crippen molar-refractivity contribution in [2.75, 3.05) is 0 Å². The van der Waals surface area contributed by atoms with Gasteiger partial charge >= 0.3 is 5.97 Å². The molecule has 4 rings (SSSR count). The van der Waals surface area contributed by atoms with Crippen LogP contribution in [0.4, 0.5) is 0 Å². The molecule has 0 saturated heterocycles. The average molecular weight is 430 g/mol. The number of carbonyl (C=O) groups is 1. The maximum absolute atomic E-state index is 11.6. The van der Waals surface area contributed by atoms with E-state index in [1.165, 1.54) is 49.7 Å². The third kappa shape index (κ3) is 4.60. The van der Waals surface area contributed by atoms with Crippen LogP contribution in [0.25, 0.3) is 11.1 Å². The topological polar surface area (TPSA) is 61.1 Å². The molecule has 2 fully saturated rings. The molecule has 3 nitrogen and oxygen atoms in total. The van der Waals surface area contributed by atoms with Crippen molar-refractivity contribution in [1.82, 2.24) is 0 Å². The molecule has 0 aromatic heterocycles. The molecule has 0 bridgehead atoms. The zero-order valence-corrected chi connectivity index (χ0v) is 19.2. The van der Waals surface area contributed by atoms with Crippen molar-refractivity contribution in [3.05, 3.63) is 59.7 Å². The van der Waals surface area contributed by atoms with Gasteiger partial charge in [0.2, 0.25) is 0 Å². The highest BCUT2D eigenvalue weighted by molar-refractivity contribution is 5.70. The number of hydrogen-bond acceptors (Lipinski definition) is 2. The third-order valence-corrected chi connectivity index (χ3v) is 8.36. The van der Waals surface area contributed by atoms with Crippen LogP contribution < -0.4 is 0 Å². The molecule has 0 aliphatic heterocycles. The SMILES string of the molecule is CCCC1CCC(C2(c3ccc(-c4ccc(C#N)cc4)cc3)CCC(C(=O)O)CC2)CC1. The first-order chi connectivity index (χ1) is 15.6. The lowest BCUT2D eigenvalue weighted by molar-refractivity contribution is -0.143. The van der Waals surface area contributed by atoms with Crippen molar-refractivity contribution >= 4 is 5.97 Å². The summed E-state index contributed by atoms with van der Waals surface area (Å²) in [5.74, 6) is 0.729. The summed E-state index contributed by atoms with van der Waals surface area (Å²) >= 11 is 0. The Morgan fingerprint density at radius 2 is 1.50 bits per heavy atom. The number of nitriles is 1. The van der Waals surface area contributed by atoms with Gasteiger partial charge < -0.3 is 5.11 Å². The van der Waals surface area contributed by atoms with Crippen LogP contribution in [0.15, 0.2) is 48.5 Å². The molecule has 1 N–H and O–H groups in total. The fourth-order valence-electron chi connectivity index (χ4n) is 6.46. The molecule has 2 aliphatic rings. The molecule has 2 aliphatic carbocycles. The van der Waals surface area contributed by atoms with E-state index in [-0.39, 0.29) is 11.3 Å². The van der Waals surface area contributed by atoms with Crippen molar-refractivity contribution < 1.29 is 9.90 Å². The molecule has 2 aromatic rings. The molecule has 0 spiro atoms. The van der Waals surface area contributed by atoms with E-state index in [0.29, 0.717) is 11.5 Å². The summed E-state index contributed by atoms with van der Waals surface area (Å²) in [6.45, 7) is 2.29. The van der Waals surface area contributed by atoms with Gasteiger partial charge in [-0.25, -0.2) is 0 Å². The first-order valence-corrected chi connectivity index (χ1v) is 12.4. The summed E-state index contributed by atoms with van der Waals surface area (Å²) in [6, 6.07) is 19.0. The molecule has 0 heterocycles. The lowest BCUT2D eigenvalue weighted by Crippen LogP contribution is -2.42. The minimum Gasteiger partial charge on any atom is -0.481 e. The van der Waals surface area contributed by atoms with Crippen LogP contribution in [0, 0.1) is 29.1 Å². The lowest BCUT2D eigenvalue weighted by Gasteiger charge is -2.48. The van der Waals surface area contributed by atoms with Gasteiger partial charge in [0.05, 0.1) is 17.6 Å². The van der Waals surface area contributed by atoms with E-state index >= 15 is 0 Å². The van der Waals surface area contributed by atoms with E-state index in [1.807, 2.05) is 24.3 Å². The van der Waals surface area contributed by atoms with Crippen LogP contribution in [0.3, 0.4) is 0 Å². The summed E-state index contributed by atoms with van der Waals surface area (Å²) in [5.41, 5.74) is 4.49. The summed E-state index contributed by atoms with van der Waals surface area (Å²) in [7, 11) is 0. The average Bonchev–Trinajstić information content (AvgIpc) is 2.85. The Bertz CT molecular complexity index is 938. The van der Waals surface area contributed by atoms with Gasteiger partial charge in [-0.15, -0.1) is 0 Å². The molecular formula is C29H35NO2. The minimum absolute atomic E-state index is 0.117. The zero-order chi connectivity index (χ0) is 22.6. The Morgan fingerprint density at radius 1 is 0.938 bits per heavy atom. The van der Waals surface area contributed by atoms with Crippen molar-refractivity contribution in [3.8, 4) is 17.2 Å². The summed E-state index contributed by atoms with van der Waals surface area (Å²) in [5, 5.41) is 18.6. The molecule has 2 aromatic carbocycles. The van der Waals surface area contributed by atoms with Gasteiger partial charge in [-0.1, -0.05) is 69.0 Å². The van der Waals surface area contributed by atoms with Crippen LogP contribution in [0.2, 0.25) is 0 Å². The molecular weight excluding hydrogens is 394 g/mol. The van der Waals surface area contributed by atoms with E-state index in [4.69, 9.17) is 5.26 Å². The second-order valence-electron chi connectivity index (χ2n) is 10.0. The van der Waals surface area contributed by atoms with E-state index in [2.05, 4.69) is 37.3 Å². The Labute approximate surface area is 192 Å². The monoisotopic (exact) mass is 429 g/mol. The van der Waals surface area contributed by atoms with Gasteiger partial charge in [0.15, 0.2) is 0 Å². The van der Waals surface area contributed by atoms with E-state index in [1.54, 1.807) is 0 Å². The highest BCUT2D eigenvalue weighted by Gasteiger charge is 2.45. The number of nitrogens with zero attached hydrogens (tertiary/aromatic N) is 1. The van der Waals surface area contributed by atoms with Crippen molar-refractivity contribution in [2.24, 2.45) is 17.8 Å². The number of aliphatic carboxylic acids is 1. The standard InChI is InChI=1S/C29H35NO2/c1-2-3-21-6-12-26(13-7-21)29(18-16-25(17-19-29)28(31)32)27-14-10-24(11-15-27)23-8-4-22(20-30)5-9-23/h4-5,8-11,14-15,21,25-26H,2-3,6-7,12-13,16-19H2,1H3,(H,31,32). The highest BCUT2D eigenvalue weighted by atomic mass is 16.4. The number of carboxylic acids is 1. The number of rotatable bonds is 6. The quantitative estimate of drug-likeness (QED) is 0.522. The molecule has 0 unspecified atom stereocenters. The first kappa shape index (κ1) is 22.6. The molecule has 3 heteroatoms. The zero-order valence-electron chi connectivity index (χ0n) is 19.2. The molecule has 0 radical (unpaired) electrons. The van der Waals surface area contributed by atoms with Crippen molar-refractivity contribution in [3.63, 3.8) is 0 Å². The fourth-order valence-corrected chi connectivity index (χ4v) is 6.46. The number of hydrogen-bond donors (Lipinski definition) is 1. The smallest absolute Gasteiger partial charge is 0.306 e. The van der Waals surface area contributed by atoms with Crippen molar-refractivity contribution in [2.45, 2.75) is 76.5 Å². The third-order valence-electron chi connectivity index (χ3n) is 8.36. The molecule has 0 amide bonds. The van der Waals surface area contributed by atoms with Crippen LogP contribution in [-0.2, 0) is 10.2 Å². The predicted octanol–water partition coefficient (Wildman–Crippen LogP) is 7.34. The molecule has 32 heavy (non-hydrogen) atoms. The fraction of sp³-hybridized carbons (Fsp3) is 0.517. The van der Waals surface area contributed by atoms with Gasteiger partial charge in [0.25, 0.3) is 0 Å². The summed E-state index contributed by atoms with van der Waals surface area (Å²) < 4.78 is 0.